The molecule has 1 saturated heterocycles. The number of likely N-dealkylation sites (tertiary alicyclic amines) is 1. The summed E-state index contributed by atoms with van der Waals surface area (Å²) in [4.78, 5) is 27.7. The predicted octanol–water partition coefficient (Wildman–Crippen LogP) is 3.11. The van der Waals surface area contributed by atoms with Gasteiger partial charge in [-0.3, -0.25) is 9.52 Å². The Morgan fingerprint density at radius 2 is 1.70 bits per heavy atom. The van der Waals surface area contributed by atoms with Crippen molar-refractivity contribution in [1.82, 2.24) is 14.8 Å². The van der Waals surface area contributed by atoms with Crippen LogP contribution in [0.4, 0.5) is 10.5 Å². The Kier molecular flexibility index (Phi) is 5.90. The molecule has 3 aliphatic rings. The number of sulfonamides is 1. The second-order valence-corrected chi connectivity index (χ2v) is 11.2. The predicted molar refractivity (Wildman–Crippen MR) is 126 cm³/mol. The summed E-state index contributed by atoms with van der Waals surface area (Å²) in [5.41, 5.74) is 0.951. The standard InChI is InChI=1S/C24H30N4O4S/c29-22-12-11-21(26-33(31,32)20-9-5-2-6-10-20)23-18-13-17(15-28(22)23)14-27(16-18)24(30)25-19-7-3-1-4-8-19/h2,5-6,9-12,17-19,26H,1,3-4,7-8,13-16H2,(H,25,30)/t17-,18-/m0/s1. The molecular formula is C24H30N4O4S. The molecule has 2 amide bonds. The highest BCUT2D eigenvalue weighted by Gasteiger charge is 2.38. The number of amides is 2. The summed E-state index contributed by atoms with van der Waals surface area (Å²) < 4.78 is 30.3. The minimum absolute atomic E-state index is 0.0465. The molecule has 0 spiro atoms. The third-order valence-corrected chi connectivity index (χ3v) is 8.49. The van der Waals surface area contributed by atoms with E-state index < -0.39 is 10.0 Å². The van der Waals surface area contributed by atoms with E-state index in [1.54, 1.807) is 28.8 Å². The van der Waals surface area contributed by atoms with Gasteiger partial charge in [-0.25, -0.2) is 13.2 Å². The molecular weight excluding hydrogens is 440 g/mol. The highest BCUT2D eigenvalue weighted by atomic mass is 32.2. The van der Waals surface area contributed by atoms with Gasteiger partial charge >= 0.3 is 6.03 Å². The first-order valence-electron chi connectivity index (χ1n) is 11.8. The zero-order chi connectivity index (χ0) is 23.0. The van der Waals surface area contributed by atoms with Gasteiger partial charge in [-0.2, -0.15) is 0 Å². The van der Waals surface area contributed by atoms with Crippen LogP contribution in [0.25, 0.3) is 0 Å². The van der Waals surface area contributed by atoms with Crippen LogP contribution in [0.2, 0.25) is 0 Å². The summed E-state index contributed by atoms with van der Waals surface area (Å²) in [5.74, 6) is 0.0732. The molecule has 5 rings (SSSR count). The Hall–Kier alpha value is -2.81. The Morgan fingerprint density at radius 3 is 2.45 bits per heavy atom. The number of aromatic nitrogens is 1. The molecule has 3 heterocycles. The first-order chi connectivity index (χ1) is 15.9. The highest BCUT2D eigenvalue weighted by molar-refractivity contribution is 7.92. The third kappa shape index (κ3) is 4.51. The first-order valence-corrected chi connectivity index (χ1v) is 13.3. The van der Waals surface area contributed by atoms with Gasteiger partial charge < -0.3 is 14.8 Å². The van der Waals surface area contributed by atoms with Crippen molar-refractivity contribution in [2.75, 3.05) is 17.8 Å². The summed E-state index contributed by atoms with van der Waals surface area (Å²) >= 11 is 0. The average molecular weight is 471 g/mol. The van der Waals surface area contributed by atoms with Gasteiger partial charge in [-0.05, 0) is 43.4 Å². The van der Waals surface area contributed by atoms with Gasteiger partial charge in [0.05, 0.1) is 16.3 Å². The number of piperidine rings is 1. The maximum Gasteiger partial charge on any atom is 0.317 e. The van der Waals surface area contributed by atoms with Gasteiger partial charge in [0, 0.05) is 37.7 Å². The van der Waals surface area contributed by atoms with Crippen LogP contribution in [-0.2, 0) is 16.6 Å². The van der Waals surface area contributed by atoms with Crippen molar-refractivity contribution in [3.63, 3.8) is 0 Å². The monoisotopic (exact) mass is 470 g/mol. The second-order valence-electron chi connectivity index (χ2n) is 9.49. The van der Waals surface area contributed by atoms with E-state index in [4.69, 9.17) is 0 Å². The molecule has 176 valence electrons. The van der Waals surface area contributed by atoms with Crippen LogP contribution in [0.3, 0.4) is 0 Å². The number of nitrogens with zero attached hydrogens (tertiary/aromatic N) is 2. The number of hydrogen-bond donors (Lipinski definition) is 2. The van der Waals surface area contributed by atoms with E-state index in [-0.39, 0.29) is 34.4 Å². The number of carbonyl (C=O) groups excluding carboxylic acids is 1. The lowest BCUT2D eigenvalue weighted by Crippen LogP contribution is -2.53. The molecule has 2 aliphatic heterocycles. The van der Waals surface area contributed by atoms with Crippen molar-refractivity contribution in [1.29, 1.82) is 0 Å². The lowest BCUT2D eigenvalue weighted by Gasteiger charge is -2.43. The van der Waals surface area contributed by atoms with Crippen molar-refractivity contribution < 1.29 is 13.2 Å². The average Bonchev–Trinajstić information content (AvgIpc) is 2.82. The summed E-state index contributed by atoms with van der Waals surface area (Å²) in [6.45, 7) is 1.57. The maximum absolute atomic E-state index is 13.0. The van der Waals surface area contributed by atoms with Crippen molar-refractivity contribution in [2.45, 2.75) is 61.9 Å². The number of rotatable bonds is 4. The summed E-state index contributed by atoms with van der Waals surface area (Å²) in [5, 5.41) is 3.19. The van der Waals surface area contributed by atoms with Crippen molar-refractivity contribution in [2.24, 2.45) is 5.92 Å². The molecule has 0 unspecified atom stereocenters. The fourth-order valence-corrected chi connectivity index (χ4v) is 6.68. The topological polar surface area (TPSA) is 101 Å². The molecule has 1 aliphatic carbocycles. The van der Waals surface area contributed by atoms with E-state index in [9.17, 15) is 18.0 Å². The molecule has 9 heteroatoms. The van der Waals surface area contributed by atoms with Crippen molar-refractivity contribution in [3.05, 3.63) is 58.5 Å². The van der Waals surface area contributed by atoms with E-state index in [0.717, 1.165) is 32.1 Å². The number of carbonyl (C=O) groups is 1. The van der Waals surface area contributed by atoms with Crippen LogP contribution in [0.5, 0.6) is 0 Å². The number of urea groups is 1. The van der Waals surface area contributed by atoms with E-state index in [2.05, 4.69) is 10.0 Å². The molecule has 8 nitrogen and oxygen atoms in total. The quantitative estimate of drug-likeness (QED) is 0.717. The van der Waals surface area contributed by atoms with Crippen LogP contribution >= 0.6 is 0 Å². The van der Waals surface area contributed by atoms with Gasteiger partial charge in [0.25, 0.3) is 15.6 Å². The highest BCUT2D eigenvalue weighted by Crippen LogP contribution is 2.39. The number of benzene rings is 1. The Labute approximate surface area is 194 Å². The molecule has 1 aromatic carbocycles. The molecule has 1 aromatic heterocycles. The zero-order valence-electron chi connectivity index (χ0n) is 18.6. The van der Waals surface area contributed by atoms with E-state index >= 15 is 0 Å². The van der Waals surface area contributed by atoms with E-state index in [1.165, 1.54) is 24.6 Å². The van der Waals surface area contributed by atoms with Gasteiger partial charge in [0.1, 0.15) is 0 Å². The SMILES string of the molecule is O=C(NC1CCCCC1)N1C[C@@H]2C[C@@H](C1)c1c(NS(=O)(=O)c3ccccc3)ccc(=O)n1C2. The molecule has 2 fully saturated rings. The Balaban J connectivity index is 1.40. The lowest BCUT2D eigenvalue weighted by atomic mass is 9.82. The number of pyridine rings is 1. The Morgan fingerprint density at radius 1 is 0.939 bits per heavy atom. The van der Waals surface area contributed by atoms with Crippen LogP contribution < -0.4 is 15.6 Å². The number of hydrogen-bond acceptors (Lipinski definition) is 4. The lowest BCUT2D eigenvalue weighted by molar-refractivity contribution is 0.128. The van der Waals surface area contributed by atoms with Crippen LogP contribution in [-0.4, -0.2) is 43.0 Å². The number of anilines is 1. The normalized spacial score (nSPS) is 23.0. The van der Waals surface area contributed by atoms with Gasteiger partial charge in [-0.1, -0.05) is 37.5 Å². The number of fused-ring (bicyclic) bond motifs is 4. The fourth-order valence-electron chi connectivity index (χ4n) is 5.58. The summed E-state index contributed by atoms with van der Waals surface area (Å²) in [6, 6.07) is 11.3. The van der Waals surface area contributed by atoms with Crippen molar-refractivity contribution in [3.8, 4) is 0 Å². The van der Waals surface area contributed by atoms with Gasteiger partial charge in [0.2, 0.25) is 0 Å². The minimum Gasteiger partial charge on any atom is -0.335 e. The summed E-state index contributed by atoms with van der Waals surface area (Å²) in [6.07, 6.45) is 6.41. The molecule has 2 atom stereocenters. The smallest absolute Gasteiger partial charge is 0.317 e. The molecule has 2 N–H and O–H groups in total. The molecule has 2 bridgehead atoms. The molecule has 33 heavy (non-hydrogen) atoms. The maximum atomic E-state index is 13.0. The summed E-state index contributed by atoms with van der Waals surface area (Å²) in [7, 11) is -3.79. The van der Waals surface area contributed by atoms with Gasteiger partial charge in [-0.15, -0.1) is 0 Å². The molecule has 0 radical (unpaired) electrons. The van der Waals surface area contributed by atoms with Crippen LogP contribution in [0.15, 0.2) is 52.2 Å². The molecule has 1 saturated carbocycles. The first kappa shape index (κ1) is 22.0. The number of nitrogens with one attached hydrogen (secondary N) is 2. The largest absolute Gasteiger partial charge is 0.335 e. The zero-order valence-corrected chi connectivity index (χ0v) is 19.4. The Bertz CT molecular complexity index is 1190. The molecule has 2 aromatic rings. The second kappa shape index (κ2) is 8.85. The van der Waals surface area contributed by atoms with Gasteiger partial charge in [0.15, 0.2) is 0 Å². The van der Waals surface area contributed by atoms with Crippen LogP contribution in [0.1, 0.15) is 50.1 Å². The minimum atomic E-state index is -3.79. The van der Waals surface area contributed by atoms with Crippen LogP contribution in [0, 0.1) is 5.92 Å². The van der Waals surface area contributed by atoms with Crippen molar-refractivity contribution >= 4 is 21.7 Å². The third-order valence-electron chi connectivity index (χ3n) is 7.11. The van der Waals surface area contributed by atoms with E-state index in [0.29, 0.717) is 31.0 Å². The van der Waals surface area contributed by atoms with E-state index in [1.807, 2.05) is 4.90 Å². The fraction of sp³-hybridized carbons (Fsp3) is 0.500.